The van der Waals surface area contributed by atoms with Gasteiger partial charge >= 0.3 is 0 Å². The topological polar surface area (TPSA) is 92.5 Å². The first-order valence-electron chi connectivity index (χ1n) is 7.01. The van der Waals surface area contributed by atoms with Gasteiger partial charge in [0.1, 0.15) is 6.04 Å². The number of carbonyl (C=O) groups is 1. The minimum absolute atomic E-state index is 0.00758. The molecule has 1 atom stereocenters. The molecule has 1 amide bonds. The van der Waals surface area contributed by atoms with Gasteiger partial charge in [0.2, 0.25) is 15.9 Å². The van der Waals surface area contributed by atoms with Gasteiger partial charge in [0.25, 0.3) is 0 Å². The molecule has 1 aromatic rings. The van der Waals surface area contributed by atoms with Crippen LogP contribution >= 0.6 is 11.3 Å². The van der Waals surface area contributed by atoms with Crippen molar-refractivity contribution in [1.29, 1.82) is 0 Å². The number of thiophene rings is 1. The summed E-state index contributed by atoms with van der Waals surface area (Å²) >= 11 is 1.45. The van der Waals surface area contributed by atoms with E-state index >= 15 is 0 Å². The van der Waals surface area contributed by atoms with Gasteiger partial charge in [0, 0.05) is 24.0 Å². The lowest BCUT2D eigenvalue weighted by Crippen LogP contribution is -2.48. The number of hydrogen-bond acceptors (Lipinski definition) is 5. The van der Waals surface area contributed by atoms with Gasteiger partial charge in [0.05, 0.1) is 5.75 Å². The summed E-state index contributed by atoms with van der Waals surface area (Å²) in [4.78, 5) is 12.9. The van der Waals surface area contributed by atoms with Gasteiger partial charge in [-0.3, -0.25) is 4.79 Å². The molecular weight excluding hydrogens is 310 g/mol. The minimum atomic E-state index is -3.13. The van der Waals surface area contributed by atoms with E-state index in [2.05, 4.69) is 5.32 Å². The standard InChI is InChI=1S/C13H21N3O3S2/c1-2-21(18,19)16-7-5-10(6-8-16)15-13(17)12(14)11-4-3-9-20-11/h3-4,9-10,12H,2,5-8,14H2,1H3,(H,15,17). The van der Waals surface area contributed by atoms with Crippen molar-refractivity contribution in [2.45, 2.75) is 31.8 Å². The maximum atomic E-state index is 12.1. The van der Waals surface area contributed by atoms with Gasteiger partial charge in [-0.05, 0) is 31.2 Å². The van der Waals surface area contributed by atoms with Gasteiger partial charge < -0.3 is 11.1 Å². The summed E-state index contributed by atoms with van der Waals surface area (Å²) in [7, 11) is -3.13. The highest BCUT2D eigenvalue weighted by molar-refractivity contribution is 7.89. The number of hydrogen-bond donors (Lipinski definition) is 2. The Hall–Kier alpha value is -0.960. The van der Waals surface area contributed by atoms with E-state index in [-0.39, 0.29) is 17.7 Å². The van der Waals surface area contributed by atoms with E-state index in [0.29, 0.717) is 25.9 Å². The largest absolute Gasteiger partial charge is 0.352 e. The zero-order chi connectivity index (χ0) is 15.5. The van der Waals surface area contributed by atoms with Crippen molar-refractivity contribution >= 4 is 27.3 Å². The smallest absolute Gasteiger partial charge is 0.242 e. The Balaban J connectivity index is 1.85. The fourth-order valence-electron chi connectivity index (χ4n) is 2.35. The van der Waals surface area contributed by atoms with Crippen LogP contribution < -0.4 is 11.1 Å². The molecule has 0 aliphatic carbocycles. The average Bonchev–Trinajstić information content (AvgIpc) is 3.01. The summed E-state index contributed by atoms with van der Waals surface area (Å²) in [6, 6.07) is 3.04. The minimum Gasteiger partial charge on any atom is -0.352 e. The average molecular weight is 331 g/mol. The van der Waals surface area contributed by atoms with Crippen molar-refractivity contribution < 1.29 is 13.2 Å². The second kappa shape index (κ2) is 6.87. The van der Waals surface area contributed by atoms with Crippen LogP contribution in [0.25, 0.3) is 0 Å². The number of rotatable bonds is 5. The molecule has 0 spiro atoms. The van der Waals surface area contributed by atoms with Crippen LogP contribution in [-0.4, -0.2) is 43.5 Å². The second-order valence-corrected chi connectivity index (χ2v) is 8.31. The lowest BCUT2D eigenvalue weighted by Gasteiger charge is -2.31. The van der Waals surface area contributed by atoms with Crippen LogP contribution in [0, 0.1) is 0 Å². The first-order valence-corrected chi connectivity index (χ1v) is 9.50. The van der Waals surface area contributed by atoms with Crippen molar-refractivity contribution in [1.82, 2.24) is 9.62 Å². The van der Waals surface area contributed by atoms with E-state index in [0.717, 1.165) is 4.88 Å². The van der Waals surface area contributed by atoms with E-state index in [1.165, 1.54) is 15.6 Å². The van der Waals surface area contributed by atoms with Gasteiger partial charge in [-0.15, -0.1) is 11.3 Å². The second-order valence-electron chi connectivity index (χ2n) is 5.08. The zero-order valence-corrected chi connectivity index (χ0v) is 13.6. The molecule has 8 heteroatoms. The molecule has 1 aromatic heterocycles. The Morgan fingerprint density at radius 3 is 2.71 bits per heavy atom. The lowest BCUT2D eigenvalue weighted by molar-refractivity contribution is -0.123. The molecule has 0 aromatic carbocycles. The van der Waals surface area contributed by atoms with Crippen molar-refractivity contribution in [3.8, 4) is 0 Å². The molecule has 2 rings (SSSR count). The summed E-state index contributed by atoms with van der Waals surface area (Å²) in [5.74, 6) is -0.0814. The highest BCUT2D eigenvalue weighted by atomic mass is 32.2. The Morgan fingerprint density at radius 2 is 2.19 bits per heavy atom. The van der Waals surface area contributed by atoms with Crippen LogP contribution in [0.1, 0.15) is 30.7 Å². The molecule has 0 saturated carbocycles. The molecule has 0 radical (unpaired) electrons. The molecule has 21 heavy (non-hydrogen) atoms. The SMILES string of the molecule is CCS(=O)(=O)N1CCC(NC(=O)C(N)c2cccs2)CC1. The lowest BCUT2D eigenvalue weighted by atomic mass is 10.1. The summed E-state index contributed by atoms with van der Waals surface area (Å²) in [5.41, 5.74) is 5.91. The molecule has 6 nitrogen and oxygen atoms in total. The first-order chi connectivity index (χ1) is 9.94. The fourth-order valence-corrected chi connectivity index (χ4v) is 4.21. The molecule has 3 N–H and O–H groups in total. The fraction of sp³-hybridized carbons (Fsp3) is 0.615. The van der Waals surface area contributed by atoms with Crippen molar-refractivity contribution in [3.63, 3.8) is 0 Å². The monoisotopic (exact) mass is 331 g/mol. The van der Waals surface area contributed by atoms with Crippen molar-refractivity contribution in [2.24, 2.45) is 5.73 Å². The van der Waals surface area contributed by atoms with E-state index in [4.69, 9.17) is 5.73 Å². The van der Waals surface area contributed by atoms with Crippen molar-refractivity contribution in [3.05, 3.63) is 22.4 Å². The number of nitrogens with two attached hydrogens (primary N) is 1. The normalized spacial score (nSPS) is 19.3. The van der Waals surface area contributed by atoms with E-state index in [1.807, 2.05) is 17.5 Å². The van der Waals surface area contributed by atoms with Crippen LogP contribution in [0.15, 0.2) is 17.5 Å². The number of piperidine rings is 1. The highest BCUT2D eigenvalue weighted by Crippen LogP contribution is 2.19. The van der Waals surface area contributed by atoms with E-state index in [1.54, 1.807) is 6.92 Å². The molecule has 0 bridgehead atoms. The van der Waals surface area contributed by atoms with Crippen LogP contribution in [-0.2, 0) is 14.8 Å². The predicted octanol–water partition coefficient (Wildman–Crippen LogP) is 0.678. The van der Waals surface area contributed by atoms with Gasteiger partial charge in [0.15, 0.2) is 0 Å². The highest BCUT2D eigenvalue weighted by Gasteiger charge is 2.28. The zero-order valence-electron chi connectivity index (χ0n) is 12.0. The van der Waals surface area contributed by atoms with Crippen LogP contribution in [0.2, 0.25) is 0 Å². The molecule has 1 unspecified atom stereocenters. The third kappa shape index (κ3) is 4.03. The molecule has 1 aliphatic heterocycles. The third-order valence-corrected chi connectivity index (χ3v) is 6.53. The number of amides is 1. The Kier molecular flexibility index (Phi) is 5.37. The molecule has 1 fully saturated rings. The quantitative estimate of drug-likeness (QED) is 0.830. The number of sulfonamides is 1. The summed E-state index contributed by atoms with van der Waals surface area (Å²) in [6.45, 7) is 2.55. The number of carbonyl (C=O) groups excluding carboxylic acids is 1. The molecule has 118 valence electrons. The van der Waals surface area contributed by atoms with Crippen molar-refractivity contribution in [2.75, 3.05) is 18.8 Å². The van der Waals surface area contributed by atoms with Crippen LogP contribution in [0.5, 0.6) is 0 Å². The molecule has 1 saturated heterocycles. The maximum absolute atomic E-state index is 12.1. The number of nitrogens with one attached hydrogen (secondary N) is 1. The van der Waals surface area contributed by atoms with Gasteiger partial charge in [-0.1, -0.05) is 6.07 Å². The summed E-state index contributed by atoms with van der Waals surface area (Å²) in [6.07, 6.45) is 1.25. The van der Waals surface area contributed by atoms with Gasteiger partial charge in [-0.2, -0.15) is 0 Å². The molecular formula is C13H21N3O3S2. The Bertz CT molecular complexity index is 563. The van der Waals surface area contributed by atoms with E-state index in [9.17, 15) is 13.2 Å². The maximum Gasteiger partial charge on any atom is 0.242 e. The number of nitrogens with zero attached hydrogens (tertiary/aromatic N) is 1. The first kappa shape index (κ1) is 16.4. The van der Waals surface area contributed by atoms with Crippen LogP contribution in [0.3, 0.4) is 0 Å². The summed E-state index contributed by atoms with van der Waals surface area (Å²) < 4.78 is 25.0. The Labute approximate surface area is 129 Å². The van der Waals surface area contributed by atoms with Crippen LogP contribution in [0.4, 0.5) is 0 Å². The molecule has 1 aliphatic rings. The summed E-state index contributed by atoms with van der Waals surface area (Å²) in [5, 5.41) is 4.80. The van der Waals surface area contributed by atoms with E-state index < -0.39 is 16.1 Å². The van der Waals surface area contributed by atoms with Gasteiger partial charge in [-0.25, -0.2) is 12.7 Å². The molecule has 2 heterocycles. The predicted molar refractivity (Wildman–Crippen MR) is 83.4 cm³/mol. The third-order valence-electron chi connectivity index (χ3n) is 3.69. The Morgan fingerprint density at radius 1 is 1.52 bits per heavy atom.